The zero-order valence-electron chi connectivity index (χ0n) is 20.5. The molecule has 1 atom stereocenters. The van der Waals surface area contributed by atoms with Gasteiger partial charge in [0.2, 0.25) is 5.91 Å². The lowest BCUT2D eigenvalue weighted by Gasteiger charge is -2.38. The molecule has 0 saturated carbocycles. The van der Waals surface area contributed by atoms with E-state index >= 15 is 0 Å². The van der Waals surface area contributed by atoms with Gasteiger partial charge in [0, 0.05) is 44.1 Å². The molecule has 8 heteroatoms. The minimum atomic E-state index is -0.863. The SMILES string of the molecule is CC(C(=O)O)N1CCN(C(=O)CC(C)(C)NC(=O)OCC2c3ccccc3-c3ccccc32)CC1. The number of hydrogen-bond donors (Lipinski definition) is 2. The predicted octanol–water partition coefficient (Wildman–Crippen LogP) is 3.31. The molecule has 2 amide bonds. The zero-order chi connectivity index (χ0) is 25.2. The fourth-order valence-corrected chi connectivity index (χ4v) is 4.96. The van der Waals surface area contributed by atoms with E-state index in [1.54, 1.807) is 25.7 Å². The first kappa shape index (κ1) is 24.7. The Hall–Kier alpha value is -3.39. The summed E-state index contributed by atoms with van der Waals surface area (Å²) >= 11 is 0. The molecule has 0 spiro atoms. The smallest absolute Gasteiger partial charge is 0.407 e. The Morgan fingerprint density at radius 1 is 1.00 bits per heavy atom. The minimum absolute atomic E-state index is 0.0256. The lowest BCUT2D eigenvalue weighted by atomic mass is 9.98. The van der Waals surface area contributed by atoms with Crippen LogP contribution in [0.25, 0.3) is 11.1 Å². The zero-order valence-corrected chi connectivity index (χ0v) is 20.5. The summed E-state index contributed by atoms with van der Waals surface area (Å²) in [6.45, 7) is 7.44. The van der Waals surface area contributed by atoms with Gasteiger partial charge in [0.15, 0.2) is 0 Å². The van der Waals surface area contributed by atoms with Crippen LogP contribution in [0.3, 0.4) is 0 Å². The maximum absolute atomic E-state index is 12.8. The summed E-state index contributed by atoms with van der Waals surface area (Å²) in [5, 5.41) is 12.0. The number of fused-ring (bicyclic) bond motifs is 3. The Labute approximate surface area is 205 Å². The van der Waals surface area contributed by atoms with Crippen molar-refractivity contribution >= 4 is 18.0 Å². The Kier molecular flexibility index (Phi) is 7.12. The summed E-state index contributed by atoms with van der Waals surface area (Å²) < 4.78 is 5.63. The number of carbonyl (C=O) groups is 3. The van der Waals surface area contributed by atoms with E-state index in [9.17, 15) is 19.5 Å². The predicted molar refractivity (Wildman–Crippen MR) is 132 cm³/mol. The van der Waals surface area contributed by atoms with Crippen LogP contribution < -0.4 is 5.32 Å². The van der Waals surface area contributed by atoms with Crippen molar-refractivity contribution in [3.05, 3.63) is 59.7 Å². The largest absolute Gasteiger partial charge is 0.480 e. The molecule has 1 saturated heterocycles. The van der Waals surface area contributed by atoms with E-state index in [4.69, 9.17) is 4.74 Å². The normalized spacial score (nSPS) is 16.8. The first-order valence-corrected chi connectivity index (χ1v) is 12.0. The molecule has 0 bridgehead atoms. The third-order valence-electron chi connectivity index (χ3n) is 6.95. The van der Waals surface area contributed by atoms with Crippen molar-refractivity contribution in [1.82, 2.24) is 15.1 Å². The molecule has 35 heavy (non-hydrogen) atoms. The summed E-state index contributed by atoms with van der Waals surface area (Å²) in [6.07, 6.45) is -0.421. The summed E-state index contributed by atoms with van der Waals surface area (Å²) in [5.41, 5.74) is 3.84. The molecule has 2 N–H and O–H groups in total. The number of nitrogens with zero attached hydrogens (tertiary/aromatic N) is 2. The number of benzene rings is 2. The van der Waals surface area contributed by atoms with E-state index in [0.717, 1.165) is 11.1 Å². The van der Waals surface area contributed by atoms with E-state index in [1.165, 1.54) is 11.1 Å². The maximum atomic E-state index is 12.8. The van der Waals surface area contributed by atoms with Crippen molar-refractivity contribution in [2.75, 3.05) is 32.8 Å². The molecule has 0 aromatic heterocycles. The van der Waals surface area contributed by atoms with E-state index in [-0.39, 0.29) is 24.9 Å². The highest BCUT2D eigenvalue weighted by molar-refractivity contribution is 5.80. The molecular formula is C27H33N3O5. The number of aliphatic carboxylic acids is 1. The van der Waals surface area contributed by atoms with Crippen LogP contribution in [0.4, 0.5) is 4.79 Å². The molecule has 2 aromatic rings. The minimum Gasteiger partial charge on any atom is -0.480 e. The second kappa shape index (κ2) is 10.1. The van der Waals surface area contributed by atoms with Crippen LogP contribution in [0.15, 0.2) is 48.5 Å². The fraction of sp³-hybridized carbons (Fsp3) is 0.444. The summed E-state index contributed by atoms with van der Waals surface area (Å²) in [6, 6.07) is 15.8. The van der Waals surface area contributed by atoms with Gasteiger partial charge in [-0.15, -0.1) is 0 Å². The number of nitrogens with one attached hydrogen (secondary N) is 1. The molecule has 0 radical (unpaired) electrons. The van der Waals surface area contributed by atoms with E-state index in [0.29, 0.717) is 26.2 Å². The lowest BCUT2D eigenvalue weighted by molar-refractivity contribution is -0.144. The number of rotatable bonds is 7. The number of hydrogen-bond acceptors (Lipinski definition) is 5. The van der Waals surface area contributed by atoms with Gasteiger partial charge in [0.1, 0.15) is 12.6 Å². The van der Waals surface area contributed by atoms with Crippen LogP contribution in [-0.4, -0.2) is 77.2 Å². The average Bonchev–Trinajstić information content (AvgIpc) is 3.15. The van der Waals surface area contributed by atoms with Gasteiger partial charge in [-0.25, -0.2) is 4.79 Å². The Morgan fingerprint density at radius 3 is 2.09 bits per heavy atom. The molecule has 8 nitrogen and oxygen atoms in total. The van der Waals surface area contributed by atoms with Gasteiger partial charge in [0.25, 0.3) is 0 Å². The first-order chi connectivity index (χ1) is 16.7. The number of ether oxygens (including phenoxy) is 1. The van der Waals surface area contributed by atoms with E-state index < -0.39 is 23.6 Å². The molecule has 186 valence electrons. The van der Waals surface area contributed by atoms with Crippen LogP contribution in [0, 0.1) is 0 Å². The standard InChI is InChI=1S/C27H33N3O5/c1-18(25(32)33)29-12-14-30(15-13-29)24(31)16-27(2,3)28-26(34)35-17-23-21-10-6-4-8-19(21)20-9-5-7-11-22(20)23/h4-11,18,23H,12-17H2,1-3H3,(H,28,34)(H,32,33). The molecule has 1 unspecified atom stereocenters. The van der Waals surface area contributed by atoms with Crippen LogP contribution in [0.1, 0.15) is 44.2 Å². The van der Waals surface area contributed by atoms with Gasteiger partial charge in [-0.2, -0.15) is 0 Å². The molecular weight excluding hydrogens is 446 g/mol. The van der Waals surface area contributed by atoms with Crippen molar-refractivity contribution in [1.29, 1.82) is 0 Å². The highest BCUT2D eigenvalue weighted by atomic mass is 16.5. The quantitative estimate of drug-likeness (QED) is 0.632. The van der Waals surface area contributed by atoms with Gasteiger partial charge in [-0.3, -0.25) is 14.5 Å². The van der Waals surface area contributed by atoms with Gasteiger partial charge in [-0.05, 0) is 43.0 Å². The lowest BCUT2D eigenvalue weighted by Crippen LogP contribution is -2.55. The van der Waals surface area contributed by atoms with Crippen LogP contribution in [0.2, 0.25) is 0 Å². The van der Waals surface area contributed by atoms with Gasteiger partial charge >= 0.3 is 12.1 Å². The number of carboxylic acid groups (broad SMARTS) is 1. The first-order valence-electron chi connectivity index (χ1n) is 12.0. The van der Waals surface area contributed by atoms with Gasteiger partial charge in [-0.1, -0.05) is 48.5 Å². The number of piperazine rings is 1. The van der Waals surface area contributed by atoms with Gasteiger partial charge < -0.3 is 20.1 Å². The maximum Gasteiger partial charge on any atom is 0.407 e. The van der Waals surface area contributed by atoms with Crippen molar-refractivity contribution in [2.24, 2.45) is 0 Å². The van der Waals surface area contributed by atoms with Crippen molar-refractivity contribution in [3.8, 4) is 11.1 Å². The van der Waals surface area contributed by atoms with Crippen molar-refractivity contribution in [2.45, 2.75) is 44.7 Å². The molecule has 4 rings (SSSR count). The highest BCUT2D eigenvalue weighted by Crippen LogP contribution is 2.44. The van der Waals surface area contributed by atoms with E-state index in [2.05, 4.69) is 29.6 Å². The average molecular weight is 480 g/mol. The topological polar surface area (TPSA) is 99.2 Å². The highest BCUT2D eigenvalue weighted by Gasteiger charge is 2.33. The Bertz CT molecular complexity index is 1060. The molecule has 2 aromatic carbocycles. The third kappa shape index (κ3) is 5.48. The molecule has 1 aliphatic heterocycles. The Morgan fingerprint density at radius 2 is 1.54 bits per heavy atom. The number of carboxylic acids is 1. The number of carbonyl (C=O) groups excluding carboxylic acids is 2. The number of alkyl carbamates (subject to hydrolysis) is 1. The fourth-order valence-electron chi connectivity index (χ4n) is 4.96. The molecule has 2 aliphatic rings. The summed E-state index contributed by atoms with van der Waals surface area (Å²) in [7, 11) is 0. The summed E-state index contributed by atoms with van der Waals surface area (Å²) in [5.74, 6) is -0.961. The van der Waals surface area contributed by atoms with Crippen LogP contribution in [-0.2, 0) is 14.3 Å². The molecule has 1 heterocycles. The monoisotopic (exact) mass is 479 g/mol. The van der Waals surface area contributed by atoms with Crippen molar-refractivity contribution < 1.29 is 24.2 Å². The molecule has 1 fully saturated rings. The van der Waals surface area contributed by atoms with Gasteiger partial charge in [0.05, 0.1) is 0 Å². The molecule has 1 aliphatic carbocycles. The third-order valence-corrected chi connectivity index (χ3v) is 6.95. The van der Waals surface area contributed by atoms with E-state index in [1.807, 2.05) is 29.2 Å². The van der Waals surface area contributed by atoms with Crippen LogP contribution >= 0.6 is 0 Å². The summed E-state index contributed by atoms with van der Waals surface area (Å²) in [4.78, 5) is 40.3. The second-order valence-corrected chi connectivity index (χ2v) is 9.94. The second-order valence-electron chi connectivity index (χ2n) is 9.94. The van der Waals surface area contributed by atoms with Crippen LogP contribution in [0.5, 0.6) is 0 Å². The number of amides is 2. The van der Waals surface area contributed by atoms with Crippen molar-refractivity contribution in [3.63, 3.8) is 0 Å². The Balaban J connectivity index is 1.29.